The van der Waals surface area contributed by atoms with Crippen LogP contribution in [0.5, 0.6) is 0 Å². The Labute approximate surface area is 289 Å². The molecule has 0 fully saturated rings. The summed E-state index contributed by atoms with van der Waals surface area (Å²) in [5, 5.41) is 0. The maximum Gasteiger partial charge on any atom is 1.00 e. The molecule has 0 atom stereocenters. The zero-order valence-corrected chi connectivity index (χ0v) is 29.9. The van der Waals surface area contributed by atoms with E-state index in [9.17, 15) is 0 Å². The van der Waals surface area contributed by atoms with E-state index in [4.69, 9.17) is 77.0 Å². The molecule has 26 heavy (non-hydrogen) atoms. The Morgan fingerprint density at radius 3 is 0.308 bits per heavy atom. The average molecular weight is 524 g/mol. The summed E-state index contributed by atoms with van der Waals surface area (Å²) < 4.78 is 34.2. The molecule has 0 aliphatic heterocycles. The van der Waals surface area contributed by atoms with Gasteiger partial charge in [-0.25, -0.2) is 0 Å². The third kappa shape index (κ3) is 636. The van der Waals surface area contributed by atoms with Crippen molar-refractivity contribution in [3.05, 3.63) is 0 Å². The average Bonchev–Trinajstić information content (AvgIpc) is 1.62. The van der Waals surface area contributed by atoms with Crippen molar-refractivity contribution >= 4 is 31.3 Å². The molecule has 0 aliphatic carbocycles. The van der Waals surface area contributed by atoms with Crippen LogP contribution in [0.25, 0.3) is 0 Å². The molecule has 0 rings (SSSR count). The Kier molecular flexibility index (Phi) is 77.0. The molecule has 0 aliphatic rings. The predicted octanol–water partition coefficient (Wildman–Crippen LogP) is -28.6. The van der Waals surface area contributed by atoms with Gasteiger partial charge < -0.3 is 77.0 Å². The summed E-state index contributed by atoms with van der Waals surface area (Å²) >= 11 is 0. The second kappa shape index (κ2) is 31.4. The normalized spacial score (nSPS) is 9.08. The fourth-order valence-corrected chi connectivity index (χ4v) is 0. The molecular formula is H6Na6O16P4. The van der Waals surface area contributed by atoms with E-state index in [-0.39, 0.29) is 186 Å². The number of hydrogen-bond acceptors (Lipinski definition) is 16. The Morgan fingerprint density at radius 2 is 0.308 bits per heavy atom. The molecule has 0 bridgehead atoms. The number of hydrogen-bond donors (Lipinski definition) is 0. The van der Waals surface area contributed by atoms with Gasteiger partial charge >= 0.3 is 186 Å². The van der Waals surface area contributed by atoms with E-state index in [1.165, 1.54) is 0 Å². The first kappa shape index (κ1) is 63.7. The molecule has 0 N–H and O–H groups in total. The van der Waals surface area contributed by atoms with Crippen molar-refractivity contribution in [2.45, 2.75) is 0 Å². The second-order valence-corrected chi connectivity index (χ2v) is 5.37. The van der Waals surface area contributed by atoms with Crippen LogP contribution in [0.15, 0.2) is 0 Å². The van der Waals surface area contributed by atoms with Crippen molar-refractivity contribution in [1.82, 2.24) is 0 Å². The monoisotopic (exact) mass is 524 g/mol. The molecule has 0 saturated heterocycles. The zero-order valence-electron chi connectivity index (χ0n) is 20.3. The smallest absolute Gasteiger partial charge is 0.822 e. The van der Waals surface area contributed by atoms with Gasteiger partial charge in [-0.05, 0) is 0 Å². The summed E-state index contributed by atoms with van der Waals surface area (Å²) in [7, 11) is -21.6. The molecule has 16 nitrogen and oxygen atoms in total. The van der Waals surface area contributed by atoms with E-state index >= 15 is 0 Å². The first-order chi connectivity index (χ1) is 8.00. The standard InChI is InChI=1S/6Na.4H3O4P/c;;;;;;4*1-5(2,3)4/h;;;;;;4*(H3,1,2,3,4)/q6*+1;;;;/p-6. The van der Waals surface area contributed by atoms with Gasteiger partial charge in [-0.3, -0.25) is 0 Å². The Hall–Kier alpha value is 6.44. The maximum atomic E-state index is 8.55. The van der Waals surface area contributed by atoms with Crippen LogP contribution in [0.1, 0.15) is 8.56 Å². The number of rotatable bonds is 0. The Balaban J connectivity index is -0.00000000677. The van der Waals surface area contributed by atoms with E-state index in [1.54, 1.807) is 0 Å². The summed E-state index contributed by atoms with van der Waals surface area (Å²) in [6.45, 7) is 0. The Bertz CT molecular complexity index is 322. The summed E-state index contributed by atoms with van der Waals surface area (Å²) in [6.07, 6.45) is 0. The summed E-state index contributed by atoms with van der Waals surface area (Å²) in [6, 6.07) is 0. The minimum absolute atomic E-state index is 0. The van der Waals surface area contributed by atoms with Crippen LogP contribution in [-0.2, 0) is 18.3 Å². The van der Waals surface area contributed by atoms with Crippen molar-refractivity contribution in [2.75, 3.05) is 0 Å². The van der Waals surface area contributed by atoms with Gasteiger partial charge in [0.2, 0.25) is 0 Å². The molecule has 128 valence electrons. The van der Waals surface area contributed by atoms with E-state index in [0.717, 1.165) is 0 Å². The summed E-state index contributed by atoms with van der Waals surface area (Å²) in [4.78, 5) is 103. The molecule has 0 saturated carbocycles. The molecule has 0 aromatic heterocycles. The molecule has 0 aromatic rings. The minimum atomic E-state index is -5.39. The quantitative estimate of drug-likeness (QED) is 0.210. The fourth-order valence-electron chi connectivity index (χ4n) is 0. The molecule has 0 aromatic carbocycles. The van der Waals surface area contributed by atoms with Crippen LogP contribution in [0.2, 0.25) is 0 Å². The zero-order chi connectivity index (χ0) is 18.0. The van der Waals surface area contributed by atoms with Gasteiger partial charge in [0.15, 0.2) is 0 Å². The fraction of sp³-hybridized carbons (Fsp3) is 0. The molecule has 26 heteroatoms. The van der Waals surface area contributed by atoms with Gasteiger partial charge in [-0.2, -0.15) is 31.3 Å². The SMILES string of the molecule is O=P([O-])([O-])[O-].O=P([O-])([O-])[O-].O=P([O-])([O-])[O-].O=P([O-])([O-])[O-].[H+].[H+].[H+].[H+].[H+].[H+].[Na+].[Na+].[Na+].[Na+].[Na+].[Na+]. The first-order valence-corrected chi connectivity index (χ1v) is 8.76. The van der Waals surface area contributed by atoms with E-state index in [1.807, 2.05) is 0 Å². The van der Waals surface area contributed by atoms with Gasteiger partial charge in [-0.1, -0.05) is 0 Å². The van der Waals surface area contributed by atoms with Crippen molar-refractivity contribution in [2.24, 2.45) is 0 Å². The van der Waals surface area contributed by atoms with Crippen molar-refractivity contribution in [3.8, 4) is 0 Å². The molecular weight excluding hydrogens is 518 g/mol. The van der Waals surface area contributed by atoms with Gasteiger partial charge in [0.25, 0.3) is 0 Å². The predicted molar refractivity (Wildman–Crippen MR) is 37.1 cm³/mol. The van der Waals surface area contributed by atoms with Crippen LogP contribution in [0, 0.1) is 0 Å². The van der Waals surface area contributed by atoms with Crippen molar-refractivity contribution in [1.29, 1.82) is 0 Å². The maximum absolute atomic E-state index is 8.55. The van der Waals surface area contributed by atoms with Crippen molar-refractivity contribution in [3.63, 3.8) is 0 Å². The number of phosphoric acid groups is 4. The summed E-state index contributed by atoms with van der Waals surface area (Å²) in [5.41, 5.74) is 0. The molecule has 0 radical (unpaired) electrons. The molecule has 0 heterocycles. The van der Waals surface area contributed by atoms with Crippen LogP contribution in [-0.4, -0.2) is 0 Å². The van der Waals surface area contributed by atoms with Gasteiger partial charge in [-0.15, -0.1) is 0 Å². The van der Waals surface area contributed by atoms with E-state index in [0.29, 0.717) is 0 Å². The minimum Gasteiger partial charge on any atom is -0.822 e. The third-order valence-electron chi connectivity index (χ3n) is 0. The summed E-state index contributed by atoms with van der Waals surface area (Å²) in [5.74, 6) is 0. The van der Waals surface area contributed by atoms with Gasteiger partial charge in [0, 0.05) is 0 Å². The largest absolute Gasteiger partial charge is 1.00 e. The Morgan fingerprint density at radius 1 is 0.308 bits per heavy atom. The molecule has 0 unspecified atom stereocenters. The topological polar surface area (TPSA) is 345 Å². The third-order valence-corrected chi connectivity index (χ3v) is 0. The van der Waals surface area contributed by atoms with E-state index < -0.39 is 31.3 Å². The van der Waals surface area contributed by atoms with E-state index in [2.05, 4.69) is 0 Å². The molecule has 0 spiro atoms. The van der Waals surface area contributed by atoms with Crippen LogP contribution in [0.3, 0.4) is 0 Å². The molecule has 0 amide bonds. The van der Waals surface area contributed by atoms with Gasteiger partial charge in [0.1, 0.15) is 0 Å². The second-order valence-electron chi connectivity index (χ2n) is 1.79. The van der Waals surface area contributed by atoms with Crippen LogP contribution in [0.4, 0.5) is 0 Å². The first-order valence-electron chi connectivity index (χ1n) is 2.92. The van der Waals surface area contributed by atoms with Crippen molar-refractivity contribution < 1.29 is 263 Å². The van der Waals surface area contributed by atoms with Crippen LogP contribution >= 0.6 is 31.3 Å². The van der Waals surface area contributed by atoms with Crippen LogP contribution < -0.4 is 236 Å². The van der Waals surface area contributed by atoms with Gasteiger partial charge in [0.05, 0.1) is 0 Å².